The molecule has 3 heteroatoms. The van der Waals surface area contributed by atoms with Gasteiger partial charge in [-0.05, 0) is 49.1 Å². The van der Waals surface area contributed by atoms with E-state index >= 15 is 0 Å². The summed E-state index contributed by atoms with van der Waals surface area (Å²) in [5, 5.41) is 0. The lowest BCUT2D eigenvalue weighted by atomic mass is 10.1. The molecule has 3 rings (SSSR count). The highest BCUT2D eigenvalue weighted by molar-refractivity contribution is 5.89. The number of hydrogen-bond donors (Lipinski definition) is 0. The highest BCUT2D eigenvalue weighted by atomic mass is 16.5. The highest BCUT2D eigenvalue weighted by Crippen LogP contribution is 2.34. The summed E-state index contributed by atoms with van der Waals surface area (Å²) in [5.41, 5.74) is 3.35. The lowest BCUT2D eigenvalue weighted by Crippen LogP contribution is -2.03. The first-order valence-electron chi connectivity index (χ1n) is 7.79. The summed E-state index contributed by atoms with van der Waals surface area (Å²) in [6.45, 7) is 2.09. The van der Waals surface area contributed by atoms with Crippen LogP contribution < -0.4 is 4.74 Å². The SMILES string of the molecule is CCOC(=O)C#Cc1cccc(OC2CCc3ccccc32)c1. The van der Waals surface area contributed by atoms with Gasteiger partial charge in [0.05, 0.1) is 6.61 Å². The zero-order valence-corrected chi connectivity index (χ0v) is 13.0. The average molecular weight is 306 g/mol. The fourth-order valence-electron chi connectivity index (χ4n) is 2.74. The molecule has 1 atom stereocenters. The van der Waals surface area contributed by atoms with E-state index in [1.807, 2.05) is 30.3 Å². The van der Waals surface area contributed by atoms with Crippen LogP contribution in [-0.2, 0) is 16.0 Å². The number of ether oxygens (including phenoxy) is 2. The van der Waals surface area contributed by atoms with Crippen molar-refractivity contribution in [1.82, 2.24) is 0 Å². The Hall–Kier alpha value is -2.73. The van der Waals surface area contributed by atoms with Crippen molar-refractivity contribution in [3.8, 4) is 17.6 Å². The van der Waals surface area contributed by atoms with Crippen LogP contribution in [0.5, 0.6) is 5.75 Å². The second kappa shape index (κ2) is 7.02. The number of aryl methyl sites for hydroxylation is 1. The van der Waals surface area contributed by atoms with Gasteiger partial charge in [-0.15, -0.1) is 0 Å². The van der Waals surface area contributed by atoms with Crippen LogP contribution in [0.3, 0.4) is 0 Å². The van der Waals surface area contributed by atoms with Crippen molar-refractivity contribution >= 4 is 5.97 Å². The molecule has 0 aliphatic heterocycles. The third kappa shape index (κ3) is 3.73. The third-order valence-electron chi connectivity index (χ3n) is 3.77. The van der Waals surface area contributed by atoms with Crippen molar-refractivity contribution in [1.29, 1.82) is 0 Å². The van der Waals surface area contributed by atoms with Crippen molar-refractivity contribution in [2.45, 2.75) is 25.9 Å². The zero-order valence-electron chi connectivity index (χ0n) is 13.0. The van der Waals surface area contributed by atoms with Crippen molar-refractivity contribution in [2.24, 2.45) is 0 Å². The molecule has 0 N–H and O–H groups in total. The molecular formula is C20H18O3. The molecule has 0 radical (unpaired) electrons. The van der Waals surface area contributed by atoms with Gasteiger partial charge in [-0.25, -0.2) is 4.79 Å². The Morgan fingerprint density at radius 1 is 1.22 bits per heavy atom. The maximum Gasteiger partial charge on any atom is 0.384 e. The monoisotopic (exact) mass is 306 g/mol. The second-order valence-corrected chi connectivity index (χ2v) is 5.34. The number of carbonyl (C=O) groups excluding carboxylic acids is 1. The van der Waals surface area contributed by atoms with Gasteiger partial charge in [0.2, 0.25) is 0 Å². The minimum absolute atomic E-state index is 0.0828. The number of hydrogen-bond acceptors (Lipinski definition) is 3. The standard InChI is InChI=1S/C20H18O3/c1-2-22-20(21)13-10-15-6-5-8-17(14-15)23-19-12-11-16-7-3-4-9-18(16)19/h3-9,14,19H,2,11-12H2,1H3. The van der Waals surface area contributed by atoms with E-state index in [2.05, 4.69) is 30.0 Å². The molecule has 1 aliphatic rings. The summed E-state index contributed by atoms with van der Waals surface area (Å²) in [6.07, 6.45) is 2.11. The highest BCUT2D eigenvalue weighted by Gasteiger charge is 2.23. The molecule has 0 fully saturated rings. The molecule has 23 heavy (non-hydrogen) atoms. The number of benzene rings is 2. The largest absolute Gasteiger partial charge is 0.486 e. The van der Waals surface area contributed by atoms with E-state index in [0.29, 0.717) is 6.61 Å². The van der Waals surface area contributed by atoms with Gasteiger partial charge in [0.15, 0.2) is 0 Å². The number of fused-ring (bicyclic) bond motifs is 1. The van der Waals surface area contributed by atoms with Gasteiger partial charge in [0.25, 0.3) is 0 Å². The van der Waals surface area contributed by atoms with Gasteiger partial charge in [-0.2, -0.15) is 0 Å². The summed E-state index contributed by atoms with van der Waals surface area (Å²) < 4.78 is 10.9. The van der Waals surface area contributed by atoms with Crippen molar-refractivity contribution in [3.63, 3.8) is 0 Å². The number of carbonyl (C=O) groups is 1. The molecule has 1 unspecified atom stereocenters. The summed E-state index contributed by atoms with van der Waals surface area (Å²) >= 11 is 0. The molecule has 0 heterocycles. The van der Waals surface area contributed by atoms with Crippen LogP contribution in [0.25, 0.3) is 0 Å². The summed E-state index contributed by atoms with van der Waals surface area (Å²) in [6, 6.07) is 15.9. The predicted octanol–water partition coefficient (Wildman–Crippen LogP) is 3.67. The molecule has 0 bridgehead atoms. The van der Waals surface area contributed by atoms with E-state index in [-0.39, 0.29) is 6.10 Å². The quantitative estimate of drug-likeness (QED) is 0.641. The molecule has 2 aromatic rings. The summed E-state index contributed by atoms with van der Waals surface area (Å²) in [4.78, 5) is 11.3. The van der Waals surface area contributed by atoms with E-state index < -0.39 is 5.97 Å². The third-order valence-corrected chi connectivity index (χ3v) is 3.77. The maximum atomic E-state index is 11.3. The minimum Gasteiger partial charge on any atom is -0.486 e. The molecule has 1 aliphatic carbocycles. The van der Waals surface area contributed by atoms with Gasteiger partial charge < -0.3 is 9.47 Å². The van der Waals surface area contributed by atoms with E-state index in [9.17, 15) is 4.79 Å². The van der Waals surface area contributed by atoms with Crippen molar-refractivity contribution in [3.05, 3.63) is 65.2 Å². The second-order valence-electron chi connectivity index (χ2n) is 5.34. The van der Waals surface area contributed by atoms with Crippen LogP contribution in [0.4, 0.5) is 0 Å². The Morgan fingerprint density at radius 3 is 2.96 bits per heavy atom. The summed E-state index contributed by atoms with van der Waals surface area (Å²) in [7, 11) is 0. The lowest BCUT2D eigenvalue weighted by molar-refractivity contribution is -0.136. The normalized spacial score (nSPS) is 15.3. The van der Waals surface area contributed by atoms with Crippen LogP contribution >= 0.6 is 0 Å². The molecular weight excluding hydrogens is 288 g/mol. The maximum absolute atomic E-state index is 11.3. The Labute approximate surface area is 136 Å². The molecule has 3 nitrogen and oxygen atoms in total. The van der Waals surface area contributed by atoms with Gasteiger partial charge in [0, 0.05) is 11.5 Å². The molecule has 116 valence electrons. The predicted molar refractivity (Wildman–Crippen MR) is 88.1 cm³/mol. The molecule has 0 amide bonds. The smallest absolute Gasteiger partial charge is 0.384 e. The topological polar surface area (TPSA) is 35.5 Å². The minimum atomic E-state index is -0.511. The molecule has 0 saturated heterocycles. The van der Waals surface area contributed by atoms with Crippen LogP contribution in [0.2, 0.25) is 0 Å². The zero-order chi connectivity index (χ0) is 16.1. The van der Waals surface area contributed by atoms with Gasteiger partial charge in [-0.1, -0.05) is 36.3 Å². The Balaban J connectivity index is 1.73. The summed E-state index contributed by atoms with van der Waals surface area (Å²) in [5.74, 6) is 5.53. The van der Waals surface area contributed by atoms with E-state index in [0.717, 1.165) is 24.2 Å². The van der Waals surface area contributed by atoms with Crippen LogP contribution in [0, 0.1) is 11.8 Å². The van der Waals surface area contributed by atoms with Crippen molar-refractivity contribution < 1.29 is 14.3 Å². The lowest BCUT2D eigenvalue weighted by Gasteiger charge is -2.15. The molecule has 0 spiro atoms. The fourth-order valence-corrected chi connectivity index (χ4v) is 2.74. The first kappa shape index (κ1) is 15.2. The fraction of sp³-hybridized carbons (Fsp3) is 0.250. The van der Waals surface area contributed by atoms with Crippen molar-refractivity contribution in [2.75, 3.05) is 6.61 Å². The van der Waals surface area contributed by atoms with Gasteiger partial charge in [0.1, 0.15) is 11.9 Å². The number of esters is 1. The van der Waals surface area contributed by atoms with E-state index in [4.69, 9.17) is 9.47 Å². The Morgan fingerprint density at radius 2 is 2.09 bits per heavy atom. The van der Waals surface area contributed by atoms with E-state index in [1.165, 1.54) is 11.1 Å². The van der Waals surface area contributed by atoms with Gasteiger partial charge >= 0.3 is 5.97 Å². The van der Waals surface area contributed by atoms with Crippen LogP contribution in [0.1, 0.15) is 36.1 Å². The molecule has 0 saturated carbocycles. The average Bonchev–Trinajstić information content (AvgIpc) is 2.97. The Bertz CT molecular complexity index is 768. The van der Waals surface area contributed by atoms with E-state index in [1.54, 1.807) is 6.92 Å². The molecule has 2 aromatic carbocycles. The first-order valence-corrected chi connectivity index (χ1v) is 7.79. The van der Waals surface area contributed by atoms with Gasteiger partial charge in [-0.3, -0.25) is 0 Å². The molecule has 0 aromatic heterocycles. The Kier molecular flexibility index (Phi) is 4.63. The first-order chi connectivity index (χ1) is 11.3. The number of rotatable bonds is 3. The van der Waals surface area contributed by atoms with Crippen LogP contribution in [0.15, 0.2) is 48.5 Å². The van der Waals surface area contributed by atoms with Crippen LogP contribution in [-0.4, -0.2) is 12.6 Å².